The summed E-state index contributed by atoms with van der Waals surface area (Å²) in [5.41, 5.74) is 0. The van der Waals surface area contributed by atoms with Crippen molar-refractivity contribution in [3.8, 4) is 0 Å². The number of nitrogens with zero attached hydrogens (tertiary/aromatic N) is 1. The molecule has 0 aliphatic carbocycles. The Balaban J connectivity index is 1.76. The third-order valence-electron chi connectivity index (χ3n) is 3.27. The van der Waals surface area contributed by atoms with Crippen LogP contribution in [-0.4, -0.2) is 72.2 Å². The highest BCUT2D eigenvalue weighted by molar-refractivity contribution is 5.72. The van der Waals surface area contributed by atoms with Crippen LogP contribution in [0.5, 0.6) is 0 Å². The number of carboxylic acid groups (broad SMARTS) is 1. The topological polar surface area (TPSA) is 79.2 Å². The van der Waals surface area contributed by atoms with Gasteiger partial charge in [0.25, 0.3) is 0 Å². The van der Waals surface area contributed by atoms with Crippen molar-refractivity contribution in [3.63, 3.8) is 0 Å². The highest BCUT2D eigenvalue weighted by Gasteiger charge is 2.32. The average Bonchev–Trinajstić information content (AvgIpc) is 2.78. The Morgan fingerprint density at radius 2 is 2.18 bits per heavy atom. The zero-order valence-electron chi connectivity index (χ0n) is 9.75. The van der Waals surface area contributed by atoms with Crippen LogP contribution in [0.25, 0.3) is 0 Å². The summed E-state index contributed by atoms with van der Waals surface area (Å²) in [7, 11) is 0. The van der Waals surface area contributed by atoms with Crippen molar-refractivity contribution >= 4 is 5.97 Å². The fourth-order valence-corrected chi connectivity index (χ4v) is 2.37. The molecule has 17 heavy (non-hydrogen) atoms. The lowest BCUT2D eigenvalue weighted by molar-refractivity contribution is -0.150. The van der Waals surface area contributed by atoms with Crippen LogP contribution in [0.3, 0.4) is 0 Å². The van der Waals surface area contributed by atoms with E-state index in [2.05, 4.69) is 4.90 Å². The normalized spacial score (nSPS) is 35.0. The van der Waals surface area contributed by atoms with Gasteiger partial charge in [-0.1, -0.05) is 0 Å². The standard InChI is InChI=1S/C11H19NO5/c13-7-9-6-12(3-4-16-9)5-8-1-2-10(17-8)11(14)15/h8-10,13H,1-7H2,(H,14,15). The Kier molecular flexibility index (Phi) is 4.33. The average molecular weight is 245 g/mol. The van der Waals surface area contributed by atoms with Gasteiger partial charge in [-0.2, -0.15) is 0 Å². The molecule has 2 saturated heterocycles. The second-order valence-corrected chi connectivity index (χ2v) is 4.60. The molecule has 3 unspecified atom stereocenters. The van der Waals surface area contributed by atoms with Crippen molar-refractivity contribution in [3.05, 3.63) is 0 Å². The Morgan fingerprint density at radius 1 is 1.35 bits per heavy atom. The van der Waals surface area contributed by atoms with E-state index in [4.69, 9.17) is 19.7 Å². The fourth-order valence-electron chi connectivity index (χ4n) is 2.37. The maximum absolute atomic E-state index is 10.7. The van der Waals surface area contributed by atoms with Crippen LogP contribution in [0.15, 0.2) is 0 Å². The molecule has 2 aliphatic rings. The smallest absolute Gasteiger partial charge is 0.332 e. The molecule has 2 aliphatic heterocycles. The summed E-state index contributed by atoms with van der Waals surface area (Å²) >= 11 is 0. The number of hydrogen-bond acceptors (Lipinski definition) is 5. The summed E-state index contributed by atoms with van der Waals surface area (Å²) < 4.78 is 10.8. The number of aliphatic hydroxyl groups is 1. The van der Waals surface area contributed by atoms with E-state index in [9.17, 15) is 4.79 Å². The van der Waals surface area contributed by atoms with Crippen LogP contribution in [0, 0.1) is 0 Å². The molecule has 2 rings (SSSR count). The van der Waals surface area contributed by atoms with Gasteiger partial charge in [-0.25, -0.2) is 4.79 Å². The fraction of sp³-hybridized carbons (Fsp3) is 0.909. The predicted octanol–water partition coefficient (Wildman–Crippen LogP) is -0.688. The summed E-state index contributed by atoms with van der Waals surface area (Å²) in [5, 5.41) is 17.8. The van der Waals surface area contributed by atoms with E-state index in [1.165, 1.54) is 0 Å². The predicted molar refractivity (Wildman–Crippen MR) is 58.8 cm³/mol. The monoisotopic (exact) mass is 245 g/mol. The molecule has 2 N–H and O–H groups in total. The van der Waals surface area contributed by atoms with Gasteiger partial charge >= 0.3 is 5.97 Å². The zero-order chi connectivity index (χ0) is 12.3. The molecule has 6 heteroatoms. The van der Waals surface area contributed by atoms with E-state index in [-0.39, 0.29) is 18.8 Å². The van der Waals surface area contributed by atoms with Gasteiger partial charge in [0, 0.05) is 19.6 Å². The molecule has 2 heterocycles. The number of ether oxygens (including phenoxy) is 2. The van der Waals surface area contributed by atoms with Crippen molar-refractivity contribution < 1.29 is 24.5 Å². The second-order valence-electron chi connectivity index (χ2n) is 4.60. The van der Waals surface area contributed by atoms with Gasteiger partial charge in [-0.15, -0.1) is 0 Å². The Bertz CT molecular complexity index is 273. The molecule has 0 spiro atoms. The lowest BCUT2D eigenvalue weighted by Gasteiger charge is -2.33. The minimum atomic E-state index is -0.872. The molecule has 3 atom stereocenters. The van der Waals surface area contributed by atoms with E-state index in [0.29, 0.717) is 19.6 Å². The summed E-state index contributed by atoms with van der Waals surface area (Å²) in [6.07, 6.45) is 0.606. The lowest BCUT2D eigenvalue weighted by atomic mass is 10.2. The van der Waals surface area contributed by atoms with Crippen molar-refractivity contribution in [2.75, 3.05) is 32.8 Å². The largest absolute Gasteiger partial charge is 0.479 e. The lowest BCUT2D eigenvalue weighted by Crippen LogP contribution is -2.46. The van der Waals surface area contributed by atoms with Crippen molar-refractivity contribution in [2.24, 2.45) is 0 Å². The number of hydrogen-bond donors (Lipinski definition) is 2. The molecule has 0 aromatic carbocycles. The van der Waals surface area contributed by atoms with Crippen LogP contribution in [-0.2, 0) is 14.3 Å². The molecule has 0 radical (unpaired) electrons. The first-order chi connectivity index (χ1) is 8.19. The van der Waals surface area contributed by atoms with E-state index < -0.39 is 12.1 Å². The van der Waals surface area contributed by atoms with Crippen LogP contribution >= 0.6 is 0 Å². The van der Waals surface area contributed by atoms with Crippen LogP contribution < -0.4 is 0 Å². The van der Waals surface area contributed by atoms with Gasteiger partial charge in [-0.3, -0.25) is 4.90 Å². The molecular weight excluding hydrogens is 226 g/mol. The van der Waals surface area contributed by atoms with Gasteiger partial charge in [0.2, 0.25) is 0 Å². The molecule has 2 fully saturated rings. The van der Waals surface area contributed by atoms with Gasteiger partial charge < -0.3 is 19.7 Å². The summed E-state index contributed by atoms with van der Waals surface area (Å²) in [6.45, 7) is 2.87. The second kappa shape index (κ2) is 5.77. The van der Waals surface area contributed by atoms with Crippen LogP contribution in [0.2, 0.25) is 0 Å². The maximum atomic E-state index is 10.7. The molecule has 0 aromatic rings. The van der Waals surface area contributed by atoms with Gasteiger partial charge in [0.15, 0.2) is 6.10 Å². The van der Waals surface area contributed by atoms with Crippen molar-refractivity contribution in [1.29, 1.82) is 0 Å². The molecule has 0 saturated carbocycles. The minimum absolute atomic E-state index is 0.00598. The summed E-state index contributed by atoms with van der Waals surface area (Å²) in [5.74, 6) is -0.872. The van der Waals surface area contributed by atoms with Gasteiger partial charge in [-0.05, 0) is 12.8 Å². The number of carbonyl (C=O) groups is 1. The first-order valence-corrected chi connectivity index (χ1v) is 6.02. The first-order valence-electron chi connectivity index (χ1n) is 6.02. The summed E-state index contributed by atoms with van der Waals surface area (Å²) in [4.78, 5) is 12.9. The van der Waals surface area contributed by atoms with E-state index >= 15 is 0 Å². The maximum Gasteiger partial charge on any atom is 0.332 e. The molecule has 6 nitrogen and oxygen atoms in total. The minimum Gasteiger partial charge on any atom is -0.479 e. The quantitative estimate of drug-likeness (QED) is 0.682. The van der Waals surface area contributed by atoms with E-state index in [1.807, 2.05) is 0 Å². The molecule has 98 valence electrons. The third-order valence-corrected chi connectivity index (χ3v) is 3.27. The SMILES string of the molecule is O=C(O)C1CCC(CN2CCOC(CO)C2)O1. The number of aliphatic carboxylic acids is 1. The molecule has 0 aromatic heterocycles. The Hall–Kier alpha value is -0.690. The molecule has 0 bridgehead atoms. The van der Waals surface area contributed by atoms with Crippen molar-refractivity contribution in [1.82, 2.24) is 4.90 Å². The molecule has 0 amide bonds. The Labute approximate surface area is 100 Å². The number of morpholine rings is 1. The van der Waals surface area contributed by atoms with Crippen LogP contribution in [0.1, 0.15) is 12.8 Å². The first kappa shape index (κ1) is 12.8. The highest BCUT2D eigenvalue weighted by Crippen LogP contribution is 2.21. The van der Waals surface area contributed by atoms with Crippen LogP contribution in [0.4, 0.5) is 0 Å². The number of rotatable bonds is 4. The molecular formula is C11H19NO5. The zero-order valence-corrected chi connectivity index (χ0v) is 9.75. The third kappa shape index (κ3) is 3.38. The van der Waals surface area contributed by atoms with Crippen molar-refractivity contribution in [2.45, 2.75) is 31.2 Å². The Morgan fingerprint density at radius 3 is 2.82 bits per heavy atom. The van der Waals surface area contributed by atoms with Gasteiger partial charge in [0.1, 0.15) is 0 Å². The number of aliphatic hydroxyl groups excluding tert-OH is 1. The summed E-state index contributed by atoms with van der Waals surface area (Å²) in [6, 6.07) is 0. The number of carboxylic acids is 1. The highest BCUT2D eigenvalue weighted by atomic mass is 16.5. The van der Waals surface area contributed by atoms with Gasteiger partial charge in [0.05, 0.1) is 25.4 Å². The van der Waals surface area contributed by atoms with E-state index in [0.717, 1.165) is 19.5 Å². The van der Waals surface area contributed by atoms with E-state index in [1.54, 1.807) is 0 Å².